The summed E-state index contributed by atoms with van der Waals surface area (Å²) < 4.78 is 53.8. The summed E-state index contributed by atoms with van der Waals surface area (Å²) in [5.41, 5.74) is 2.34. The van der Waals surface area contributed by atoms with E-state index in [1.165, 1.54) is 5.56 Å². The number of hydrogen-bond acceptors (Lipinski definition) is 4. The Morgan fingerprint density at radius 1 is 1.09 bits per heavy atom. The highest BCUT2D eigenvalue weighted by atomic mass is 32.2. The Labute approximate surface area is 188 Å². The second kappa shape index (κ2) is 10.4. The van der Waals surface area contributed by atoms with Crippen LogP contribution in [0.1, 0.15) is 24.8 Å². The molecule has 32 heavy (non-hydrogen) atoms. The van der Waals surface area contributed by atoms with Crippen LogP contribution >= 0.6 is 0 Å². The maximum atomic E-state index is 13.9. The van der Waals surface area contributed by atoms with E-state index in [-0.39, 0.29) is 24.9 Å². The summed E-state index contributed by atoms with van der Waals surface area (Å²) in [4.78, 5) is 13.8. The quantitative estimate of drug-likeness (QED) is 0.608. The number of nitrogens with zero attached hydrogens (tertiary/aromatic N) is 2. The molecular weight excluding hydrogens is 436 g/mol. The Balaban J connectivity index is 1.44. The Morgan fingerprint density at radius 3 is 2.38 bits per heavy atom. The highest BCUT2D eigenvalue weighted by molar-refractivity contribution is 7.89. The van der Waals surface area contributed by atoms with Crippen LogP contribution in [0.25, 0.3) is 0 Å². The third kappa shape index (κ3) is 5.83. The summed E-state index contributed by atoms with van der Waals surface area (Å²) in [5.74, 6) is -2.18. The van der Waals surface area contributed by atoms with Crippen molar-refractivity contribution in [3.8, 4) is 0 Å². The number of benzene rings is 2. The van der Waals surface area contributed by atoms with Gasteiger partial charge in [-0.3, -0.25) is 4.79 Å². The molecule has 0 unspecified atom stereocenters. The van der Waals surface area contributed by atoms with Crippen LogP contribution in [0.3, 0.4) is 0 Å². The molecule has 6 nitrogen and oxygen atoms in total. The zero-order valence-electron chi connectivity index (χ0n) is 18.4. The van der Waals surface area contributed by atoms with Gasteiger partial charge in [0.1, 0.15) is 16.5 Å². The van der Waals surface area contributed by atoms with Gasteiger partial charge in [-0.15, -0.1) is 0 Å². The first-order valence-corrected chi connectivity index (χ1v) is 12.1. The molecule has 0 spiro atoms. The van der Waals surface area contributed by atoms with Crippen molar-refractivity contribution in [1.82, 2.24) is 9.62 Å². The minimum atomic E-state index is -4.14. The van der Waals surface area contributed by atoms with E-state index in [2.05, 4.69) is 29.6 Å². The lowest BCUT2D eigenvalue weighted by Gasteiger charge is -2.30. The van der Waals surface area contributed by atoms with Crippen LogP contribution in [0.15, 0.2) is 47.4 Å². The first kappa shape index (κ1) is 24.1. The monoisotopic (exact) mass is 465 g/mol. The van der Waals surface area contributed by atoms with Gasteiger partial charge in [0.15, 0.2) is 0 Å². The molecule has 2 aromatic rings. The number of nitrogens with one attached hydrogen (secondary N) is 1. The Kier molecular flexibility index (Phi) is 7.84. The average molecular weight is 466 g/mol. The molecule has 9 heteroatoms. The predicted octanol–water partition coefficient (Wildman–Crippen LogP) is 3.18. The van der Waals surface area contributed by atoms with Gasteiger partial charge in [0, 0.05) is 45.3 Å². The van der Waals surface area contributed by atoms with E-state index >= 15 is 0 Å². The molecule has 1 aliphatic rings. The largest absolute Gasteiger partial charge is 0.378 e. The maximum Gasteiger partial charge on any atom is 0.246 e. The fourth-order valence-corrected chi connectivity index (χ4v) is 5.33. The molecule has 2 aromatic carbocycles. The molecule has 0 saturated carbocycles. The van der Waals surface area contributed by atoms with Crippen molar-refractivity contribution in [2.24, 2.45) is 5.92 Å². The molecule has 0 aliphatic carbocycles. The average Bonchev–Trinajstić information content (AvgIpc) is 2.78. The number of amides is 1. The predicted molar refractivity (Wildman–Crippen MR) is 120 cm³/mol. The van der Waals surface area contributed by atoms with Crippen molar-refractivity contribution in [2.45, 2.75) is 30.6 Å². The molecule has 3 rings (SSSR count). The summed E-state index contributed by atoms with van der Waals surface area (Å²) in [5, 5.41) is 2.93. The van der Waals surface area contributed by atoms with E-state index in [9.17, 15) is 22.0 Å². The first-order chi connectivity index (χ1) is 15.2. The van der Waals surface area contributed by atoms with E-state index in [1.54, 1.807) is 0 Å². The third-order valence-corrected chi connectivity index (χ3v) is 7.64. The van der Waals surface area contributed by atoms with Gasteiger partial charge in [-0.1, -0.05) is 12.1 Å². The number of piperidine rings is 1. The molecule has 1 fully saturated rings. The molecular formula is C23H29F2N3O3S. The van der Waals surface area contributed by atoms with Gasteiger partial charge >= 0.3 is 0 Å². The van der Waals surface area contributed by atoms with E-state index in [1.807, 2.05) is 19.0 Å². The van der Waals surface area contributed by atoms with E-state index in [0.29, 0.717) is 25.5 Å². The number of anilines is 1. The van der Waals surface area contributed by atoms with Gasteiger partial charge in [0.05, 0.1) is 0 Å². The molecule has 1 N–H and O–H groups in total. The number of rotatable bonds is 8. The lowest BCUT2D eigenvalue weighted by Crippen LogP contribution is -2.43. The molecule has 1 amide bonds. The van der Waals surface area contributed by atoms with E-state index < -0.39 is 26.6 Å². The van der Waals surface area contributed by atoms with Gasteiger partial charge in [-0.25, -0.2) is 17.2 Å². The number of carbonyl (C=O) groups excluding carboxylic acids is 1. The van der Waals surface area contributed by atoms with Gasteiger partial charge in [0.25, 0.3) is 0 Å². The zero-order valence-corrected chi connectivity index (χ0v) is 19.2. The van der Waals surface area contributed by atoms with Crippen LogP contribution in [0.5, 0.6) is 0 Å². The minimum Gasteiger partial charge on any atom is -0.378 e. The summed E-state index contributed by atoms with van der Waals surface area (Å²) >= 11 is 0. The topological polar surface area (TPSA) is 69.7 Å². The fourth-order valence-electron chi connectivity index (χ4n) is 3.78. The van der Waals surface area contributed by atoms with Crippen LogP contribution in [-0.4, -0.2) is 52.4 Å². The van der Waals surface area contributed by atoms with Gasteiger partial charge in [-0.2, -0.15) is 4.31 Å². The van der Waals surface area contributed by atoms with Gasteiger partial charge in [-0.05, 0) is 61.6 Å². The van der Waals surface area contributed by atoms with Crippen molar-refractivity contribution in [3.63, 3.8) is 0 Å². The number of aryl methyl sites for hydroxylation is 1. The van der Waals surface area contributed by atoms with Crippen LogP contribution in [0.2, 0.25) is 0 Å². The molecule has 0 aromatic heterocycles. The maximum absolute atomic E-state index is 13.9. The number of hydrogen-bond donors (Lipinski definition) is 1. The zero-order chi connectivity index (χ0) is 23.3. The van der Waals surface area contributed by atoms with Crippen LogP contribution in [0, 0.1) is 17.6 Å². The van der Waals surface area contributed by atoms with Crippen molar-refractivity contribution in [2.75, 3.05) is 38.6 Å². The normalized spacial score (nSPS) is 15.5. The fraction of sp³-hybridized carbons (Fsp3) is 0.435. The van der Waals surface area contributed by atoms with Crippen LogP contribution in [-0.2, 0) is 21.2 Å². The van der Waals surface area contributed by atoms with E-state index in [4.69, 9.17) is 0 Å². The lowest BCUT2D eigenvalue weighted by atomic mass is 9.97. The highest BCUT2D eigenvalue weighted by Crippen LogP contribution is 2.26. The van der Waals surface area contributed by atoms with Crippen LogP contribution in [0.4, 0.5) is 14.5 Å². The van der Waals surface area contributed by atoms with Crippen molar-refractivity contribution < 1.29 is 22.0 Å². The molecule has 0 atom stereocenters. The standard InChI is InChI=1S/C23H29F2N3O3S/c1-27(2)20-8-5-17(6-9-20)4-3-13-26-23(29)18-11-14-28(15-12-18)32(30,31)22-16-19(24)7-10-21(22)25/h5-10,16,18H,3-4,11-15H2,1-2H3,(H,26,29). The van der Waals surface area contributed by atoms with Crippen molar-refractivity contribution in [1.29, 1.82) is 0 Å². The molecule has 1 heterocycles. The first-order valence-electron chi connectivity index (χ1n) is 10.7. The minimum absolute atomic E-state index is 0.0919. The summed E-state index contributed by atoms with van der Waals surface area (Å²) in [6, 6.07) is 10.7. The van der Waals surface area contributed by atoms with Crippen LogP contribution < -0.4 is 10.2 Å². The second-order valence-electron chi connectivity index (χ2n) is 8.21. The number of halogens is 2. The number of sulfonamides is 1. The molecule has 174 valence electrons. The Hall–Kier alpha value is -2.52. The lowest BCUT2D eigenvalue weighted by molar-refractivity contribution is -0.126. The summed E-state index contributed by atoms with van der Waals surface area (Å²) in [7, 11) is -0.160. The summed E-state index contributed by atoms with van der Waals surface area (Å²) in [6.07, 6.45) is 2.34. The highest BCUT2D eigenvalue weighted by Gasteiger charge is 2.33. The third-order valence-electron chi connectivity index (χ3n) is 5.73. The second-order valence-corrected chi connectivity index (χ2v) is 10.1. The molecule has 1 saturated heterocycles. The van der Waals surface area contributed by atoms with E-state index in [0.717, 1.165) is 35.0 Å². The van der Waals surface area contributed by atoms with Crippen molar-refractivity contribution in [3.05, 3.63) is 59.7 Å². The molecule has 0 radical (unpaired) electrons. The van der Waals surface area contributed by atoms with Gasteiger partial charge in [0.2, 0.25) is 15.9 Å². The van der Waals surface area contributed by atoms with Gasteiger partial charge < -0.3 is 10.2 Å². The molecule has 0 bridgehead atoms. The summed E-state index contributed by atoms with van der Waals surface area (Å²) in [6.45, 7) is 0.727. The smallest absolute Gasteiger partial charge is 0.246 e. The SMILES string of the molecule is CN(C)c1ccc(CCCNC(=O)C2CCN(S(=O)(=O)c3cc(F)ccc3F)CC2)cc1. The Morgan fingerprint density at radius 2 is 1.75 bits per heavy atom. The van der Waals surface area contributed by atoms with Crippen molar-refractivity contribution >= 4 is 21.6 Å². The number of carbonyl (C=O) groups is 1. The molecule has 1 aliphatic heterocycles. The Bertz CT molecular complexity index is 1030.